The second-order valence-corrected chi connectivity index (χ2v) is 6.15. The minimum atomic E-state index is -0.675. The number of benzene rings is 3. The Balaban J connectivity index is 1.39. The van der Waals surface area contributed by atoms with E-state index in [9.17, 15) is 9.59 Å². The van der Waals surface area contributed by atoms with Gasteiger partial charge in [-0.2, -0.15) is 5.10 Å². The molecule has 4 rings (SSSR count). The summed E-state index contributed by atoms with van der Waals surface area (Å²) in [4.78, 5) is 24.6. The summed E-state index contributed by atoms with van der Waals surface area (Å²) in [6, 6.07) is 23.4. The summed E-state index contributed by atoms with van der Waals surface area (Å²) >= 11 is 0. The summed E-state index contributed by atoms with van der Waals surface area (Å²) in [5, 5.41) is 10.1. The number of H-pyrrole nitrogens is 1. The molecule has 0 bridgehead atoms. The van der Waals surface area contributed by atoms with Gasteiger partial charge in [0.2, 0.25) is 0 Å². The van der Waals surface area contributed by atoms with Gasteiger partial charge in [0.25, 0.3) is 5.91 Å². The van der Waals surface area contributed by atoms with Crippen LogP contribution in [-0.4, -0.2) is 28.7 Å². The van der Waals surface area contributed by atoms with E-state index in [1.54, 1.807) is 42.5 Å². The van der Waals surface area contributed by atoms with Crippen LogP contribution < -0.4 is 10.1 Å². The van der Waals surface area contributed by atoms with E-state index in [-0.39, 0.29) is 5.69 Å². The second kappa shape index (κ2) is 8.26. The van der Waals surface area contributed by atoms with Gasteiger partial charge in [0.05, 0.1) is 11.2 Å². The minimum absolute atomic E-state index is 0.140. The average molecular weight is 387 g/mol. The first-order chi connectivity index (χ1) is 14.2. The van der Waals surface area contributed by atoms with Crippen molar-refractivity contribution < 1.29 is 19.1 Å². The number of carbonyl (C=O) groups excluding carboxylic acids is 2. The second-order valence-electron chi connectivity index (χ2n) is 6.15. The molecule has 29 heavy (non-hydrogen) atoms. The number of aromatic amines is 1. The standard InChI is InChI=1S/C22H17N3O4/c26-20(14-28-22(27)21-16-10-4-5-11-17(16)24-25-21)23-18-12-6-7-13-19(18)29-15-8-2-1-3-9-15/h1-13H,14H2,(H,23,26)(H,24,25). The van der Waals surface area contributed by atoms with Crippen LogP contribution in [0.2, 0.25) is 0 Å². The summed E-state index contributed by atoms with van der Waals surface area (Å²) in [6.07, 6.45) is 0. The maximum atomic E-state index is 12.3. The fourth-order valence-electron chi connectivity index (χ4n) is 2.78. The summed E-state index contributed by atoms with van der Waals surface area (Å²) < 4.78 is 10.9. The monoisotopic (exact) mass is 387 g/mol. The molecular formula is C22H17N3O4. The fraction of sp³-hybridized carbons (Fsp3) is 0.0455. The topological polar surface area (TPSA) is 93.3 Å². The summed E-state index contributed by atoms with van der Waals surface area (Å²) in [5.41, 5.74) is 1.33. The lowest BCUT2D eigenvalue weighted by atomic mass is 10.2. The van der Waals surface area contributed by atoms with Crippen molar-refractivity contribution in [1.82, 2.24) is 10.2 Å². The maximum absolute atomic E-state index is 12.3. The molecule has 1 aromatic heterocycles. The number of rotatable bonds is 6. The van der Waals surface area contributed by atoms with Crippen molar-refractivity contribution in [3.8, 4) is 11.5 Å². The number of ether oxygens (including phenoxy) is 2. The Morgan fingerprint density at radius 3 is 2.48 bits per heavy atom. The lowest BCUT2D eigenvalue weighted by molar-refractivity contribution is -0.119. The fourth-order valence-corrected chi connectivity index (χ4v) is 2.78. The largest absolute Gasteiger partial charge is 0.455 e. The summed E-state index contributed by atoms with van der Waals surface area (Å²) in [7, 11) is 0. The third kappa shape index (κ3) is 4.24. The van der Waals surface area contributed by atoms with Crippen LogP contribution in [-0.2, 0) is 9.53 Å². The molecule has 0 saturated heterocycles. The van der Waals surface area contributed by atoms with E-state index in [4.69, 9.17) is 9.47 Å². The van der Waals surface area contributed by atoms with E-state index < -0.39 is 18.5 Å². The van der Waals surface area contributed by atoms with Gasteiger partial charge in [0.1, 0.15) is 5.75 Å². The Kier molecular flexibility index (Phi) is 5.20. The zero-order valence-electron chi connectivity index (χ0n) is 15.3. The van der Waals surface area contributed by atoms with Crippen molar-refractivity contribution in [3.05, 3.63) is 84.6 Å². The van der Waals surface area contributed by atoms with Crippen LogP contribution in [0, 0.1) is 0 Å². The van der Waals surface area contributed by atoms with Gasteiger partial charge in [-0.25, -0.2) is 4.79 Å². The molecular weight excluding hydrogens is 370 g/mol. The molecule has 4 aromatic rings. The third-order valence-corrected chi connectivity index (χ3v) is 4.13. The van der Waals surface area contributed by atoms with Crippen molar-refractivity contribution in [2.45, 2.75) is 0 Å². The highest BCUT2D eigenvalue weighted by Crippen LogP contribution is 2.29. The van der Waals surface area contributed by atoms with Gasteiger partial charge < -0.3 is 14.8 Å². The van der Waals surface area contributed by atoms with E-state index in [2.05, 4.69) is 15.5 Å². The molecule has 0 aliphatic rings. The van der Waals surface area contributed by atoms with E-state index >= 15 is 0 Å². The highest BCUT2D eigenvalue weighted by molar-refractivity contribution is 6.03. The Morgan fingerprint density at radius 2 is 1.62 bits per heavy atom. The first-order valence-corrected chi connectivity index (χ1v) is 8.93. The van der Waals surface area contributed by atoms with Crippen molar-refractivity contribution in [1.29, 1.82) is 0 Å². The number of para-hydroxylation sites is 4. The van der Waals surface area contributed by atoms with Crippen molar-refractivity contribution in [2.24, 2.45) is 0 Å². The normalized spacial score (nSPS) is 10.5. The van der Waals surface area contributed by atoms with Crippen LogP contribution >= 0.6 is 0 Å². The Morgan fingerprint density at radius 1 is 0.897 bits per heavy atom. The molecule has 0 aliphatic heterocycles. The molecule has 0 radical (unpaired) electrons. The number of nitrogens with zero attached hydrogens (tertiary/aromatic N) is 1. The van der Waals surface area contributed by atoms with E-state index in [1.165, 1.54) is 0 Å². The number of hydrogen-bond acceptors (Lipinski definition) is 5. The number of aromatic nitrogens is 2. The van der Waals surface area contributed by atoms with Crippen LogP contribution in [0.1, 0.15) is 10.5 Å². The lowest BCUT2D eigenvalue weighted by Gasteiger charge is -2.12. The zero-order chi connectivity index (χ0) is 20.1. The molecule has 0 aliphatic carbocycles. The van der Waals surface area contributed by atoms with Gasteiger partial charge >= 0.3 is 5.97 Å². The molecule has 0 saturated carbocycles. The Hall–Kier alpha value is -4.13. The molecule has 0 fully saturated rings. The molecule has 144 valence electrons. The number of amides is 1. The van der Waals surface area contributed by atoms with E-state index in [0.717, 1.165) is 5.52 Å². The molecule has 2 N–H and O–H groups in total. The highest BCUT2D eigenvalue weighted by atomic mass is 16.5. The van der Waals surface area contributed by atoms with Crippen LogP contribution in [0.25, 0.3) is 10.9 Å². The number of anilines is 1. The smallest absolute Gasteiger partial charge is 0.359 e. The minimum Gasteiger partial charge on any atom is -0.455 e. The van der Waals surface area contributed by atoms with Gasteiger partial charge in [-0.3, -0.25) is 9.89 Å². The van der Waals surface area contributed by atoms with Gasteiger partial charge in [-0.15, -0.1) is 0 Å². The predicted octanol–water partition coefficient (Wildman–Crippen LogP) is 4.15. The molecule has 7 nitrogen and oxygen atoms in total. The number of hydrogen-bond donors (Lipinski definition) is 2. The quantitative estimate of drug-likeness (QED) is 0.485. The Bertz CT molecular complexity index is 1150. The van der Waals surface area contributed by atoms with Gasteiger partial charge in [-0.1, -0.05) is 48.5 Å². The van der Waals surface area contributed by atoms with Crippen LogP contribution in [0.4, 0.5) is 5.69 Å². The van der Waals surface area contributed by atoms with Gasteiger partial charge in [-0.05, 0) is 30.3 Å². The highest BCUT2D eigenvalue weighted by Gasteiger charge is 2.17. The van der Waals surface area contributed by atoms with Crippen LogP contribution in [0.5, 0.6) is 11.5 Å². The SMILES string of the molecule is O=C(COC(=O)c1n[nH]c2ccccc12)Nc1ccccc1Oc1ccccc1. The summed E-state index contributed by atoms with van der Waals surface area (Å²) in [5.74, 6) is -0.0311. The first kappa shape index (κ1) is 18.2. The van der Waals surface area contributed by atoms with Gasteiger partial charge in [0, 0.05) is 5.39 Å². The molecule has 0 atom stereocenters. The Labute approximate surface area is 166 Å². The summed E-state index contributed by atoms with van der Waals surface area (Å²) in [6.45, 7) is -0.445. The molecule has 0 spiro atoms. The first-order valence-electron chi connectivity index (χ1n) is 8.93. The average Bonchev–Trinajstić information content (AvgIpc) is 3.18. The van der Waals surface area contributed by atoms with Gasteiger partial charge in [0.15, 0.2) is 18.1 Å². The van der Waals surface area contributed by atoms with E-state index in [0.29, 0.717) is 22.6 Å². The number of nitrogens with one attached hydrogen (secondary N) is 2. The molecule has 7 heteroatoms. The number of carbonyl (C=O) groups is 2. The van der Waals surface area contributed by atoms with E-state index in [1.807, 2.05) is 36.4 Å². The predicted molar refractivity (Wildman–Crippen MR) is 108 cm³/mol. The van der Waals surface area contributed by atoms with Crippen molar-refractivity contribution >= 4 is 28.5 Å². The van der Waals surface area contributed by atoms with Crippen LogP contribution in [0.3, 0.4) is 0 Å². The lowest BCUT2D eigenvalue weighted by Crippen LogP contribution is -2.21. The zero-order valence-corrected chi connectivity index (χ0v) is 15.3. The van der Waals surface area contributed by atoms with Crippen molar-refractivity contribution in [2.75, 3.05) is 11.9 Å². The molecule has 3 aromatic carbocycles. The molecule has 1 amide bonds. The third-order valence-electron chi connectivity index (χ3n) is 4.13. The van der Waals surface area contributed by atoms with Crippen LogP contribution in [0.15, 0.2) is 78.9 Å². The molecule has 0 unspecified atom stereocenters. The molecule has 1 heterocycles. The van der Waals surface area contributed by atoms with Crippen molar-refractivity contribution in [3.63, 3.8) is 0 Å². The number of esters is 1. The maximum Gasteiger partial charge on any atom is 0.359 e. The number of fused-ring (bicyclic) bond motifs is 1.